The topological polar surface area (TPSA) is 164 Å². The Morgan fingerprint density at radius 2 is 1.90 bits per heavy atom. The molecule has 0 radical (unpaired) electrons. The smallest absolute Gasteiger partial charge is 0.409 e. The molecule has 0 saturated carbocycles. The molecule has 0 aliphatic carbocycles. The van der Waals surface area contributed by atoms with Crippen molar-refractivity contribution in [2.24, 2.45) is 11.8 Å². The summed E-state index contributed by atoms with van der Waals surface area (Å²) in [6.07, 6.45) is 1.78. The number of fused-ring (bicyclic) bond motifs is 4. The fourth-order valence-electron chi connectivity index (χ4n) is 6.17. The zero-order valence-corrected chi connectivity index (χ0v) is 30.9. The number of anilines is 1. The van der Waals surface area contributed by atoms with Gasteiger partial charge in [0.25, 0.3) is 0 Å². The van der Waals surface area contributed by atoms with E-state index >= 15 is 0 Å². The Bertz CT molecular complexity index is 1530. The lowest BCUT2D eigenvalue weighted by molar-refractivity contribution is -0.186. The van der Waals surface area contributed by atoms with E-state index in [1.807, 2.05) is 13.0 Å². The molecule has 2 aliphatic heterocycles. The molecule has 2 aliphatic rings. The Morgan fingerprint density at radius 1 is 1.24 bits per heavy atom. The molecule has 1 fully saturated rings. The third-order valence-corrected chi connectivity index (χ3v) is 10.4. The summed E-state index contributed by atoms with van der Waals surface area (Å²) in [6, 6.07) is 2.41. The van der Waals surface area contributed by atoms with E-state index in [1.54, 1.807) is 38.1 Å². The lowest BCUT2D eigenvalue weighted by Gasteiger charge is -2.46. The molecule has 13 nitrogen and oxygen atoms in total. The van der Waals surface area contributed by atoms with Gasteiger partial charge >= 0.3 is 12.1 Å². The van der Waals surface area contributed by atoms with Crippen molar-refractivity contribution in [3.8, 4) is 5.75 Å². The third kappa shape index (κ3) is 8.87. The van der Waals surface area contributed by atoms with Crippen LogP contribution in [0.25, 0.3) is 0 Å². The molecule has 14 heteroatoms. The first-order chi connectivity index (χ1) is 23.3. The molecule has 3 N–H and O–H groups in total. The minimum atomic E-state index is -1.92. The van der Waals surface area contributed by atoms with Crippen LogP contribution in [-0.4, -0.2) is 103 Å². The zero-order chi connectivity index (χ0) is 37.7. The monoisotopic (exact) mass is 719 g/mol. The summed E-state index contributed by atoms with van der Waals surface area (Å²) in [5.74, 6) is -3.08. The van der Waals surface area contributed by atoms with E-state index in [0.717, 1.165) is 22.1 Å². The molecule has 1 aromatic rings. The number of aliphatic hydroxyl groups is 2. The highest BCUT2D eigenvalue weighted by atomic mass is 35.5. The molecule has 1 aromatic carbocycles. The van der Waals surface area contributed by atoms with Gasteiger partial charge in [-0.3, -0.25) is 14.9 Å². The van der Waals surface area contributed by atoms with Gasteiger partial charge in [0.2, 0.25) is 11.8 Å². The van der Waals surface area contributed by atoms with Crippen LogP contribution in [-0.2, 0) is 35.0 Å². The second-order valence-electron chi connectivity index (χ2n) is 13.3. The fourth-order valence-corrected chi connectivity index (χ4v) is 6.48. The van der Waals surface area contributed by atoms with Crippen molar-refractivity contribution in [2.75, 3.05) is 33.2 Å². The molecular weight excluding hydrogens is 670 g/mol. The van der Waals surface area contributed by atoms with Gasteiger partial charge < -0.3 is 39.0 Å². The number of likely N-dealkylation sites (N-methyl/N-ethyl adjacent to an activating group) is 1. The van der Waals surface area contributed by atoms with E-state index in [0.29, 0.717) is 17.9 Å². The van der Waals surface area contributed by atoms with Crippen molar-refractivity contribution < 1.29 is 48.3 Å². The normalized spacial score (nSPS) is 31.6. The number of alkyl carbamates (subject to hydrolysis) is 1. The maximum atomic E-state index is 14.0. The molecule has 50 heavy (non-hydrogen) atoms. The Morgan fingerprint density at radius 3 is 2.50 bits per heavy atom. The molecule has 2 heterocycles. The predicted molar refractivity (Wildman–Crippen MR) is 188 cm³/mol. The summed E-state index contributed by atoms with van der Waals surface area (Å²) in [6.45, 7) is 11.6. The molecule has 3 amide bonds. The van der Waals surface area contributed by atoms with E-state index in [9.17, 15) is 29.4 Å². The highest BCUT2D eigenvalue weighted by Gasteiger charge is 2.51. The van der Waals surface area contributed by atoms with Crippen molar-refractivity contribution in [3.63, 3.8) is 0 Å². The number of benzene rings is 1. The van der Waals surface area contributed by atoms with Crippen LogP contribution in [0.15, 0.2) is 48.6 Å². The first kappa shape index (κ1) is 40.5. The number of halogens is 1. The number of hydrogen-bond acceptors (Lipinski definition) is 10. The van der Waals surface area contributed by atoms with Crippen LogP contribution in [0.5, 0.6) is 5.75 Å². The van der Waals surface area contributed by atoms with Crippen LogP contribution in [0, 0.1) is 11.8 Å². The minimum Gasteiger partial charge on any atom is -0.495 e. The number of methoxy groups -OCH3 is 2. The molecule has 3 rings (SSSR count). The Kier molecular flexibility index (Phi) is 13.3. The van der Waals surface area contributed by atoms with Crippen LogP contribution in [0.4, 0.5) is 10.5 Å². The molecule has 0 spiro atoms. The number of carbonyl (C=O) groups is 4. The summed E-state index contributed by atoms with van der Waals surface area (Å²) in [4.78, 5) is 55.0. The summed E-state index contributed by atoms with van der Waals surface area (Å²) in [5.41, 5.74) is -1.80. The van der Waals surface area contributed by atoms with Gasteiger partial charge in [0.1, 0.15) is 40.7 Å². The second-order valence-corrected chi connectivity index (χ2v) is 13.7. The number of allylic oxidation sites excluding steroid dienone is 3. The van der Waals surface area contributed by atoms with Gasteiger partial charge in [-0.25, -0.2) is 9.59 Å². The van der Waals surface area contributed by atoms with Crippen molar-refractivity contribution in [1.29, 1.82) is 0 Å². The van der Waals surface area contributed by atoms with E-state index < -0.39 is 77.8 Å². The quantitative estimate of drug-likeness (QED) is 0.290. The Balaban J connectivity index is 2.19. The SMILES string of the molecule is C=CC(=O)N(C)[C@@H](C)C(=O)O[C@H]1CC(=O)N(C)c2cc(cc(OC)c2Cl)C/C(C)=C/C=C/[C@@H](OC)[C@@]2(O)C[C@H](OC(=O)N2)[C@@H](C)[C@H](C)[C@@]1(C)O. The molecule has 0 unspecified atom stereocenters. The molecule has 1 saturated heterocycles. The Labute approximate surface area is 298 Å². The highest BCUT2D eigenvalue weighted by Crippen LogP contribution is 2.40. The zero-order valence-electron chi connectivity index (χ0n) is 30.2. The number of amides is 3. The van der Waals surface area contributed by atoms with Crippen molar-refractivity contribution in [3.05, 3.63) is 59.2 Å². The van der Waals surface area contributed by atoms with Gasteiger partial charge in [0.05, 0.1) is 19.2 Å². The maximum Gasteiger partial charge on any atom is 0.409 e. The summed E-state index contributed by atoms with van der Waals surface area (Å²) < 4.78 is 22.6. The van der Waals surface area contributed by atoms with Gasteiger partial charge in [-0.1, -0.05) is 55.8 Å². The predicted octanol–water partition coefficient (Wildman–Crippen LogP) is 3.93. The average molecular weight is 720 g/mol. The van der Waals surface area contributed by atoms with Gasteiger partial charge in [-0.05, 0) is 62.8 Å². The number of hydrogen-bond donors (Lipinski definition) is 3. The number of carbonyl (C=O) groups excluding carboxylic acids is 4. The first-order valence-corrected chi connectivity index (χ1v) is 16.7. The summed E-state index contributed by atoms with van der Waals surface area (Å²) in [7, 11) is 5.78. The number of ether oxygens (including phenoxy) is 4. The van der Waals surface area contributed by atoms with Gasteiger partial charge in [-0.2, -0.15) is 0 Å². The van der Waals surface area contributed by atoms with E-state index in [-0.39, 0.29) is 11.4 Å². The van der Waals surface area contributed by atoms with Crippen molar-refractivity contribution >= 4 is 41.2 Å². The van der Waals surface area contributed by atoms with Gasteiger partial charge in [0, 0.05) is 27.6 Å². The maximum absolute atomic E-state index is 14.0. The average Bonchev–Trinajstić information content (AvgIpc) is 3.07. The highest BCUT2D eigenvalue weighted by molar-refractivity contribution is 6.35. The summed E-state index contributed by atoms with van der Waals surface area (Å²) in [5, 5.41) is 26.6. The van der Waals surface area contributed by atoms with Gasteiger partial charge in [-0.15, -0.1) is 0 Å². The molecule has 8 atom stereocenters. The van der Waals surface area contributed by atoms with Crippen LogP contribution in [0.3, 0.4) is 0 Å². The van der Waals surface area contributed by atoms with Crippen LogP contribution >= 0.6 is 11.6 Å². The van der Waals surface area contributed by atoms with Crippen LogP contribution in [0.2, 0.25) is 5.02 Å². The van der Waals surface area contributed by atoms with E-state index in [2.05, 4.69) is 11.9 Å². The Hall–Kier alpha value is -3.91. The van der Waals surface area contributed by atoms with Gasteiger partial charge in [0.15, 0.2) is 5.72 Å². The number of rotatable bonds is 6. The summed E-state index contributed by atoms with van der Waals surface area (Å²) >= 11 is 6.71. The van der Waals surface area contributed by atoms with Crippen LogP contribution in [0.1, 0.15) is 53.0 Å². The van der Waals surface area contributed by atoms with Crippen LogP contribution < -0.4 is 15.0 Å². The third-order valence-electron chi connectivity index (χ3n) is 10.0. The van der Waals surface area contributed by atoms with Crippen molar-refractivity contribution in [1.82, 2.24) is 10.2 Å². The minimum absolute atomic E-state index is 0.117. The van der Waals surface area contributed by atoms with E-state index in [1.165, 1.54) is 47.1 Å². The lowest BCUT2D eigenvalue weighted by Crippen LogP contribution is -2.64. The fraction of sp³-hybridized carbons (Fsp3) is 0.556. The lowest BCUT2D eigenvalue weighted by atomic mass is 9.73. The molecule has 276 valence electrons. The number of esters is 1. The number of nitrogens with zero attached hydrogens (tertiary/aromatic N) is 2. The number of nitrogens with one attached hydrogen (secondary N) is 1. The first-order valence-electron chi connectivity index (χ1n) is 16.3. The molecule has 0 aromatic heterocycles. The largest absolute Gasteiger partial charge is 0.495 e. The molecule has 4 bridgehead atoms. The van der Waals surface area contributed by atoms with E-state index in [4.69, 9.17) is 30.5 Å². The molecular formula is C36H50ClN3O10. The van der Waals surface area contributed by atoms with Crippen molar-refractivity contribution in [2.45, 2.75) is 89.6 Å². The standard InChI is InChI=1S/C36H50ClN3O10/c1-11-30(41)39(7)23(5)33(43)50-29-18-31(42)40(8)25-16-24(17-26(47-9)32(25)37)15-20(2)13-12-14-28(48-10)36(46)19-27(49-34(44)38-36)21(3)22(4)35(29,6)45/h11-14,16-17,21-23,27-29,45-46H,1,15,18-19H2,2-10H3,(H,38,44)/b14-12+,20-13+/t21-,22-,23-,27-,28+,29-,35+,36-/m0/s1. The second kappa shape index (κ2) is 16.4.